The summed E-state index contributed by atoms with van der Waals surface area (Å²) in [6.07, 6.45) is 0. The Morgan fingerprint density at radius 2 is 1.41 bits per heavy atom. The molecule has 6 heteroatoms. The zero-order valence-electron chi connectivity index (χ0n) is 15.7. The van der Waals surface area contributed by atoms with Crippen LogP contribution < -0.4 is 11.2 Å². The van der Waals surface area contributed by atoms with Crippen LogP contribution >= 0.6 is 23.2 Å². The maximum atomic E-state index is 13.3. The van der Waals surface area contributed by atoms with E-state index in [1.807, 2.05) is 61.5 Å². The van der Waals surface area contributed by atoms with Crippen molar-refractivity contribution in [3.05, 3.63) is 114 Å². The summed E-state index contributed by atoms with van der Waals surface area (Å²) in [4.78, 5) is 26.5. The Hall–Kier alpha value is -2.82. The molecule has 0 aliphatic rings. The van der Waals surface area contributed by atoms with Crippen LogP contribution in [0.5, 0.6) is 0 Å². The van der Waals surface area contributed by atoms with Crippen molar-refractivity contribution in [2.24, 2.45) is 0 Å². The molecule has 0 spiro atoms. The van der Waals surface area contributed by atoms with Crippen molar-refractivity contribution in [2.45, 2.75) is 20.0 Å². The Labute approximate surface area is 177 Å². The van der Waals surface area contributed by atoms with Crippen molar-refractivity contribution in [2.75, 3.05) is 0 Å². The molecule has 0 saturated carbocycles. The van der Waals surface area contributed by atoms with E-state index >= 15 is 0 Å². The van der Waals surface area contributed by atoms with Gasteiger partial charge in [-0.3, -0.25) is 13.9 Å². The Morgan fingerprint density at radius 3 is 2.10 bits per heavy atom. The average Bonchev–Trinajstić information content (AvgIpc) is 2.70. The van der Waals surface area contributed by atoms with Crippen LogP contribution in [0.3, 0.4) is 0 Å². The summed E-state index contributed by atoms with van der Waals surface area (Å²) in [5.74, 6) is 0. The second kappa shape index (κ2) is 7.90. The first-order valence-electron chi connectivity index (χ1n) is 9.16. The van der Waals surface area contributed by atoms with Crippen molar-refractivity contribution in [1.82, 2.24) is 9.13 Å². The molecule has 29 heavy (non-hydrogen) atoms. The SMILES string of the molecule is Cc1ccc(Cn2c(=O)c3c(Cl)cc(Cl)cc3n(Cc3ccccc3)c2=O)cc1. The lowest BCUT2D eigenvalue weighted by Crippen LogP contribution is -2.40. The summed E-state index contributed by atoms with van der Waals surface area (Å²) in [7, 11) is 0. The standard InChI is InChI=1S/C23H18Cl2N2O2/c1-15-7-9-17(10-8-15)14-27-22(28)21-19(25)11-18(24)12-20(21)26(23(27)29)13-16-5-3-2-4-6-16/h2-12H,13-14H2,1H3. The van der Waals surface area contributed by atoms with Gasteiger partial charge in [-0.2, -0.15) is 0 Å². The van der Waals surface area contributed by atoms with Gasteiger partial charge in [-0.25, -0.2) is 4.79 Å². The molecule has 0 bridgehead atoms. The van der Waals surface area contributed by atoms with Gasteiger partial charge in [-0.05, 0) is 30.2 Å². The first-order valence-corrected chi connectivity index (χ1v) is 9.91. The van der Waals surface area contributed by atoms with Gasteiger partial charge in [0.2, 0.25) is 0 Å². The zero-order chi connectivity index (χ0) is 20.5. The van der Waals surface area contributed by atoms with Gasteiger partial charge in [0.05, 0.1) is 29.0 Å². The van der Waals surface area contributed by atoms with Gasteiger partial charge in [-0.15, -0.1) is 0 Å². The smallest absolute Gasteiger partial charge is 0.289 e. The molecule has 0 radical (unpaired) electrons. The Kier molecular flexibility index (Phi) is 5.31. The third kappa shape index (κ3) is 3.86. The monoisotopic (exact) mass is 424 g/mol. The molecule has 0 fully saturated rings. The van der Waals surface area contributed by atoms with E-state index in [-0.39, 0.29) is 11.6 Å². The maximum absolute atomic E-state index is 13.3. The average molecular weight is 425 g/mol. The lowest BCUT2D eigenvalue weighted by Gasteiger charge is -2.15. The summed E-state index contributed by atoms with van der Waals surface area (Å²) in [5, 5.41) is 0.898. The molecule has 0 N–H and O–H groups in total. The van der Waals surface area contributed by atoms with Crippen LogP contribution in [0.4, 0.5) is 0 Å². The third-order valence-corrected chi connectivity index (χ3v) is 5.41. The Bertz CT molecular complexity index is 1310. The second-order valence-electron chi connectivity index (χ2n) is 7.01. The normalized spacial score (nSPS) is 11.1. The predicted octanol–water partition coefficient (Wildman–Crippen LogP) is 4.88. The van der Waals surface area contributed by atoms with Gasteiger partial charge in [0.25, 0.3) is 5.56 Å². The highest BCUT2D eigenvalue weighted by atomic mass is 35.5. The summed E-state index contributed by atoms with van der Waals surface area (Å²) in [5.41, 5.74) is 2.53. The van der Waals surface area contributed by atoms with E-state index in [1.165, 1.54) is 10.6 Å². The molecule has 4 rings (SSSR count). The van der Waals surface area contributed by atoms with E-state index in [9.17, 15) is 9.59 Å². The molecule has 4 aromatic rings. The molecule has 0 unspecified atom stereocenters. The fourth-order valence-corrected chi connectivity index (χ4v) is 3.95. The van der Waals surface area contributed by atoms with E-state index in [1.54, 1.807) is 10.6 Å². The summed E-state index contributed by atoms with van der Waals surface area (Å²) < 4.78 is 2.79. The quantitative estimate of drug-likeness (QED) is 0.468. The van der Waals surface area contributed by atoms with Crippen molar-refractivity contribution in [1.29, 1.82) is 0 Å². The number of hydrogen-bond acceptors (Lipinski definition) is 2. The number of aryl methyl sites for hydroxylation is 1. The minimum absolute atomic E-state index is 0.168. The van der Waals surface area contributed by atoms with E-state index in [0.29, 0.717) is 22.5 Å². The van der Waals surface area contributed by atoms with Gasteiger partial charge in [0.1, 0.15) is 0 Å². The molecule has 0 saturated heterocycles. The number of fused-ring (bicyclic) bond motifs is 1. The number of rotatable bonds is 4. The van der Waals surface area contributed by atoms with E-state index in [4.69, 9.17) is 23.2 Å². The molecular weight excluding hydrogens is 407 g/mol. The Balaban J connectivity index is 1.97. The van der Waals surface area contributed by atoms with Crippen LogP contribution in [-0.4, -0.2) is 9.13 Å². The largest absolute Gasteiger partial charge is 0.332 e. The van der Waals surface area contributed by atoms with Crippen LogP contribution in [-0.2, 0) is 13.1 Å². The summed E-state index contributed by atoms with van der Waals surface area (Å²) >= 11 is 12.6. The molecule has 0 aliphatic heterocycles. The van der Waals surface area contributed by atoms with Crippen molar-refractivity contribution < 1.29 is 0 Å². The highest BCUT2D eigenvalue weighted by molar-refractivity contribution is 6.38. The number of nitrogens with zero attached hydrogens (tertiary/aromatic N) is 2. The first-order chi connectivity index (χ1) is 13.9. The topological polar surface area (TPSA) is 44.0 Å². The molecule has 1 heterocycles. The molecule has 1 aromatic heterocycles. The molecule has 0 atom stereocenters. The molecule has 146 valence electrons. The second-order valence-corrected chi connectivity index (χ2v) is 7.86. The lowest BCUT2D eigenvalue weighted by atomic mass is 10.1. The molecule has 3 aromatic carbocycles. The van der Waals surface area contributed by atoms with Crippen LogP contribution in [0.2, 0.25) is 10.0 Å². The van der Waals surface area contributed by atoms with Crippen LogP contribution in [0.15, 0.2) is 76.3 Å². The van der Waals surface area contributed by atoms with Gasteiger partial charge >= 0.3 is 5.69 Å². The fourth-order valence-electron chi connectivity index (χ4n) is 3.39. The zero-order valence-corrected chi connectivity index (χ0v) is 17.2. The van der Waals surface area contributed by atoms with E-state index in [2.05, 4.69) is 0 Å². The van der Waals surface area contributed by atoms with Crippen molar-refractivity contribution >= 4 is 34.1 Å². The molecule has 0 amide bonds. The number of hydrogen-bond donors (Lipinski definition) is 0. The maximum Gasteiger partial charge on any atom is 0.332 e. The highest BCUT2D eigenvalue weighted by Crippen LogP contribution is 2.25. The van der Waals surface area contributed by atoms with Crippen LogP contribution in [0.25, 0.3) is 10.9 Å². The van der Waals surface area contributed by atoms with E-state index in [0.717, 1.165) is 16.7 Å². The molecular formula is C23H18Cl2N2O2. The van der Waals surface area contributed by atoms with Crippen molar-refractivity contribution in [3.8, 4) is 0 Å². The number of halogens is 2. The van der Waals surface area contributed by atoms with Crippen molar-refractivity contribution in [3.63, 3.8) is 0 Å². The molecule has 4 nitrogen and oxygen atoms in total. The third-order valence-electron chi connectivity index (χ3n) is 4.89. The predicted molar refractivity (Wildman–Crippen MR) is 118 cm³/mol. The first kappa shape index (κ1) is 19.5. The summed E-state index contributed by atoms with van der Waals surface area (Å²) in [6.45, 7) is 2.46. The van der Waals surface area contributed by atoms with Gasteiger partial charge in [0.15, 0.2) is 0 Å². The van der Waals surface area contributed by atoms with Crippen LogP contribution in [0.1, 0.15) is 16.7 Å². The van der Waals surface area contributed by atoms with Crippen LogP contribution in [0, 0.1) is 6.92 Å². The highest BCUT2D eigenvalue weighted by Gasteiger charge is 2.17. The van der Waals surface area contributed by atoms with Gasteiger partial charge in [-0.1, -0.05) is 83.4 Å². The summed E-state index contributed by atoms with van der Waals surface area (Å²) in [6, 6.07) is 20.5. The van der Waals surface area contributed by atoms with Gasteiger partial charge in [0, 0.05) is 5.02 Å². The Morgan fingerprint density at radius 1 is 0.793 bits per heavy atom. The lowest BCUT2D eigenvalue weighted by molar-refractivity contribution is 0.635. The number of aromatic nitrogens is 2. The fraction of sp³-hybridized carbons (Fsp3) is 0.130. The minimum atomic E-state index is -0.420. The van der Waals surface area contributed by atoms with E-state index < -0.39 is 11.2 Å². The molecule has 0 aliphatic carbocycles. The van der Waals surface area contributed by atoms with Gasteiger partial charge < -0.3 is 0 Å². The number of benzene rings is 3. The minimum Gasteiger partial charge on any atom is -0.289 e.